The number of fused-ring (bicyclic) bond motifs is 1. The summed E-state index contributed by atoms with van der Waals surface area (Å²) in [7, 11) is -4.24. The number of halogens is 2. The molecule has 5 rings (SSSR count). The Morgan fingerprint density at radius 2 is 1.97 bits per heavy atom. The summed E-state index contributed by atoms with van der Waals surface area (Å²) in [5.74, 6) is 0.337. The van der Waals surface area contributed by atoms with Gasteiger partial charge in [0.25, 0.3) is 10.0 Å². The van der Waals surface area contributed by atoms with Crippen molar-refractivity contribution in [2.24, 2.45) is 16.3 Å². The van der Waals surface area contributed by atoms with Gasteiger partial charge in [-0.25, -0.2) is 18.5 Å². The summed E-state index contributed by atoms with van der Waals surface area (Å²) in [5, 5.41) is 10.0. The zero-order chi connectivity index (χ0) is 23.5. The van der Waals surface area contributed by atoms with E-state index in [0.29, 0.717) is 31.2 Å². The van der Waals surface area contributed by atoms with Crippen molar-refractivity contribution in [1.82, 2.24) is 19.6 Å². The topological polar surface area (TPSA) is 142 Å². The fourth-order valence-corrected chi connectivity index (χ4v) is 5.91. The first-order chi connectivity index (χ1) is 15.6. The van der Waals surface area contributed by atoms with Crippen LogP contribution in [0.15, 0.2) is 29.6 Å². The van der Waals surface area contributed by atoms with E-state index in [2.05, 4.69) is 15.1 Å². The fraction of sp³-hybridized carbons (Fsp3) is 0.450. The SMILES string of the molecule is CC1OCC2(CCN(c3nc(S(N)(=O)=O)c(-c4cccc(Cl)c4Cl)c4ncnn34)CC2)C1N. The number of anilines is 1. The van der Waals surface area contributed by atoms with Gasteiger partial charge in [0.1, 0.15) is 6.33 Å². The molecule has 0 amide bonds. The summed E-state index contributed by atoms with van der Waals surface area (Å²) in [6.07, 6.45) is 2.90. The summed E-state index contributed by atoms with van der Waals surface area (Å²) in [4.78, 5) is 10.8. The molecular formula is C20H23Cl2N7O3S. The highest BCUT2D eigenvalue weighted by Gasteiger charge is 2.48. The molecule has 2 saturated heterocycles. The number of hydrogen-bond acceptors (Lipinski definition) is 8. The third kappa shape index (κ3) is 3.67. The van der Waals surface area contributed by atoms with Crippen LogP contribution < -0.4 is 15.8 Å². The lowest BCUT2D eigenvalue weighted by molar-refractivity contribution is 0.0973. The summed E-state index contributed by atoms with van der Waals surface area (Å²) in [6, 6.07) is 4.86. The van der Waals surface area contributed by atoms with Crippen LogP contribution in [0.5, 0.6) is 0 Å². The van der Waals surface area contributed by atoms with Crippen LogP contribution in [-0.4, -0.2) is 59.8 Å². The Morgan fingerprint density at radius 3 is 2.61 bits per heavy atom. The van der Waals surface area contributed by atoms with E-state index < -0.39 is 10.0 Å². The van der Waals surface area contributed by atoms with Crippen LogP contribution in [0.1, 0.15) is 19.8 Å². The number of piperidine rings is 1. The first-order valence-electron chi connectivity index (χ1n) is 10.5. The number of hydrogen-bond donors (Lipinski definition) is 2. The third-order valence-electron chi connectivity index (χ3n) is 6.76. The van der Waals surface area contributed by atoms with Crippen molar-refractivity contribution < 1.29 is 13.2 Å². The number of sulfonamides is 1. The van der Waals surface area contributed by atoms with Gasteiger partial charge in [-0.1, -0.05) is 35.3 Å². The molecule has 1 aromatic carbocycles. The van der Waals surface area contributed by atoms with E-state index in [-0.39, 0.29) is 43.8 Å². The lowest BCUT2D eigenvalue weighted by atomic mass is 9.73. The average molecular weight is 512 g/mol. The Labute approximate surface area is 200 Å². The van der Waals surface area contributed by atoms with E-state index in [1.165, 1.54) is 10.8 Å². The smallest absolute Gasteiger partial charge is 0.256 e. The van der Waals surface area contributed by atoms with Crippen molar-refractivity contribution in [3.8, 4) is 11.1 Å². The molecule has 10 nitrogen and oxygen atoms in total. The third-order valence-corrected chi connectivity index (χ3v) is 8.41. The first kappa shape index (κ1) is 22.8. The van der Waals surface area contributed by atoms with Crippen molar-refractivity contribution in [2.75, 3.05) is 24.6 Å². The number of aromatic nitrogens is 4. The first-order valence-corrected chi connectivity index (χ1v) is 12.8. The predicted octanol–water partition coefficient (Wildman–Crippen LogP) is 2.08. The van der Waals surface area contributed by atoms with Gasteiger partial charge in [-0.05, 0) is 25.8 Å². The highest BCUT2D eigenvalue weighted by Crippen LogP contribution is 2.43. The predicted molar refractivity (Wildman–Crippen MR) is 125 cm³/mol. The van der Waals surface area contributed by atoms with Crippen molar-refractivity contribution in [1.29, 1.82) is 0 Å². The largest absolute Gasteiger partial charge is 0.376 e. The maximum absolute atomic E-state index is 12.6. The maximum Gasteiger partial charge on any atom is 0.256 e. The lowest BCUT2D eigenvalue weighted by Gasteiger charge is -2.41. The standard InChI is InChI=1S/C20H23Cl2N7O3S/c1-11-16(23)20(9-32-11)5-7-28(8-6-20)19-27-18(33(24,30)31)14(17-25-10-26-29(17)19)12-3-2-4-13(21)15(12)22/h2-4,10-11,16H,5-9,23H2,1H3,(H2,24,30,31). The number of nitrogens with two attached hydrogens (primary N) is 2. The normalized spacial score (nSPS) is 23.0. The molecule has 2 aromatic heterocycles. The molecule has 176 valence electrons. The second kappa shape index (κ2) is 8.03. The second-order valence-electron chi connectivity index (χ2n) is 8.63. The molecule has 3 aromatic rings. The molecule has 0 saturated carbocycles. The number of ether oxygens (including phenoxy) is 1. The van der Waals surface area contributed by atoms with E-state index in [0.717, 1.165) is 12.8 Å². The van der Waals surface area contributed by atoms with Crippen molar-refractivity contribution in [2.45, 2.75) is 36.9 Å². The summed E-state index contributed by atoms with van der Waals surface area (Å²) in [5.41, 5.74) is 7.10. The van der Waals surface area contributed by atoms with Gasteiger partial charge in [0.15, 0.2) is 10.7 Å². The van der Waals surface area contributed by atoms with E-state index in [1.807, 2.05) is 11.8 Å². The number of benzene rings is 1. The molecule has 13 heteroatoms. The molecule has 2 atom stereocenters. The molecule has 4 heterocycles. The molecule has 2 unspecified atom stereocenters. The highest BCUT2D eigenvalue weighted by atomic mass is 35.5. The molecule has 2 aliphatic rings. The van der Waals surface area contributed by atoms with Gasteiger partial charge in [0.05, 0.1) is 28.3 Å². The minimum Gasteiger partial charge on any atom is -0.376 e. The molecule has 2 aliphatic heterocycles. The molecule has 0 radical (unpaired) electrons. The summed E-state index contributed by atoms with van der Waals surface area (Å²) < 4.78 is 32.6. The fourth-order valence-electron chi connectivity index (χ4n) is 4.82. The van der Waals surface area contributed by atoms with Crippen molar-refractivity contribution in [3.05, 3.63) is 34.6 Å². The van der Waals surface area contributed by atoms with Gasteiger partial charge >= 0.3 is 0 Å². The van der Waals surface area contributed by atoms with Crippen LogP contribution in [0.3, 0.4) is 0 Å². The van der Waals surface area contributed by atoms with Gasteiger partial charge in [-0.2, -0.15) is 14.6 Å². The van der Waals surface area contributed by atoms with Crippen LogP contribution in [0.2, 0.25) is 10.0 Å². The minimum absolute atomic E-state index is 0.00686. The molecule has 0 aliphatic carbocycles. The monoisotopic (exact) mass is 511 g/mol. The van der Waals surface area contributed by atoms with Crippen LogP contribution in [0.25, 0.3) is 16.8 Å². The van der Waals surface area contributed by atoms with Crippen LogP contribution in [-0.2, 0) is 14.8 Å². The Balaban J connectivity index is 1.63. The Bertz CT molecular complexity index is 1340. The Kier molecular flexibility index (Phi) is 5.54. The van der Waals surface area contributed by atoms with Gasteiger partial charge in [0.2, 0.25) is 5.95 Å². The zero-order valence-corrected chi connectivity index (χ0v) is 20.1. The molecule has 1 spiro atoms. The molecule has 2 fully saturated rings. The second-order valence-corrected chi connectivity index (χ2v) is 10.9. The van der Waals surface area contributed by atoms with Crippen molar-refractivity contribution in [3.63, 3.8) is 0 Å². The minimum atomic E-state index is -4.24. The molecule has 0 bridgehead atoms. The van der Waals surface area contributed by atoms with Gasteiger partial charge < -0.3 is 15.4 Å². The van der Waals surface area contributed by atoms with E-state index in [9.17, 15) is 8.42 Å². The van der Waals surface area contributed by atoms with Crippen LogP contribution in [0.4, 0.5) is 5.95 Å². The van der Waals surface area contributed by atoms with Crippen LogP contribution >= 0.6 is 23.2 Å². The highest BCUT2D eigenvalue weighted by molar-refractivity contribution is 7.89. The average Bonchev–Trinajstić information content (AvgIpc) is 3.37. The Hall–Kier alpha value is -2.02. The summed E-state index contributed by atoms with van der Waals surface area (Å²) >= 11 is 12.6. The Morgan fingerprint density at radius 1 is 1.24 bits per heavy atom. The number of rotatable bonds is 3. The van der Waals surface area contributed by atoms with Crippen molar-refractivity contribution >= 4 is 44.8 Å². The van der Waals surface area contributed by atoms with Gasteiger partial charge in [-0.15, -0.1) is 0 Å². The van der Waals surface area contributed by atoms with Gasteiger partial charge in [0, 0.05) is 30.1 Å². The van der Waals surface area contributed by atoms with Crippen LogP contribution in [0, 0.1) is 5.41 Å². The van der Waals surface area contributed by atoms with Gasteiger partial charge in [-0.3, -0.25) is 0 Å². The quantitative estimate of drug-likeness (QED) is 0.508. The molecular weight excluding hydrogens is 489 g/mol. The molecule has 4 N–H and O–H groups in total. The summed E-state index contributed by atoms with van der Waals surface area (Å²) in [6.45, 7) is 3.81. The van der Waals surface area contributed by atoms with E-state index in [1.54, 1.807) is 18.2 Å². The maximum atomic E-state index is 12.6. The number of nitrogens with zero attached hydrogens (tertiary/aromatic N) is 5. The lowest BCUT2D eigenvalue weighted by Crippen LogP contribution is -2.51. The molecule has 33 heavy (non-hydrogen) atoms. The van der Waals surface area contributed by atoms with E-state index in [4.69, 9.17) is 38.8 Å². The number of primary sulfonamides is 1. The zero-order valence-electron chi connectivity index (χ0n) is 17.8. The van der Waals surface area contributed by atoms with E-state index >= 15 is 0 Å².